The molecule has 0 radical (unpaired) electrons. The van der Waals surface area contributed by atoms with Gasteiger partial charge in [0.2, 0.25) is 5.91 Å². The highest BCUT2D eigenvalue weighted by atomic mass is 19.1. The number of nitro groups is 1. The van der Waals surface area contributed by atoms with Crippen molar-refractivity contribution in [3.63, 3.8) is 0 Å². The summed E-state index contributed by atoms with van der Waals surface area (Å²) in [6.07, 6.45) is 0. The van der Waals surface area contributed by atoms with Crippen molar-refractivity contribution in [3.8, 4) is 6.07 Å². The molecule has 1 atom stereocenters. The maximum atomic E-state index is 13.8. The van der Waals surface area contributed by atoms with Gasteiger partial charge in [-0.2, -0.15) is 5.26 Å². The van der Waals surface area contributed by atoms with Crippen LogP contribution >= 0.6 is 0 Å². The van der Waals surface area contributed by atoms with Gasteiger partial charge >= 0.3 is 6.03 Å². The monoisotopic (exact) mass is 411 g/mol. The number of nitrogens with zero attached hydrogens (tertiary/aromatic N) is 3. The molecule has 1 heterocycles. The van der Waals surface area contributed by atoms with Gasteiger partial charge in [-0.25, -0.2) is 9.18 Å². The van der Waals surface area contributed by atoms with Crippen molar-refractivity contribution < 1.29 is 23.7 Å². The van der Waals surface area contributed by atoms with Crippen LogP contribution in [0, 0.1) is 27.3 Å². The normalized spacial score (nSPS) is 18.0. The average Bonchev–Trinajstić information content (AvgIpc) is 2.93. The lowest BCUT2D eigenvalue weighted by molar-refractivity contribution is -0.384. The van der Waals surface area contributed by atoms with Gasteiger partial charge in [-0.15, -0.1) is 0 Å². The van der Waals surface area contributed by atoms with E-state index in [0.29, 0.717) is 16.0 Å². The Hall–Kier alpha value is -4.33. The van der Waals surface area contributed by atoms with Crippen molar-refractivity contribution in [2.75, 3.05) is 11.9 Å². The highest BCUT2D eigenvalue weighted by Crippen LogP contribution is 2.29. The second kappa shape index (κ2) is 7.59. The number of nitro benzene ring substituents is 1. The van der Waals surface area contributed by atoms with Gasteiger partial charge in [-0.3, -0.25) is 24.6 Å². The second-order valence-corrected chi connectivity index (χ2v) is 6.61. The Morgan fingerprint density at radius 1 is 1.30 bits per heavy atom. The number of anilines is 1. The van der Waals surface area contributed by atoms with E-state index in [1.165, 1.54) is 31.2 Å². The molecule has 1 fully saturated rings. The van der Waals surface area contributed by atoms with Crippen LogP contribution in [0.5, 0.6) is 0 Å². The number of imide groups is 1. The van der Waals surface area contributed by atoms with Gasteiger partial charge in [0, 0.05) is 12.1 Å². The molecule has 2 aromatic rings. The first-order chi connectivity index (χ1) is 14.2. The Balaban J connectivity index is 1.77. The summed E-state index contributed by atoms with van der Waals surface area (Å²) in [5, 5.41) is 24.3. The van der Waals surface area contributed by atoms with E-state index in [9.17, 15) is 28.9 Å². The van der Waals surface area contributed by atoms with E-state index in [0.717, 1.165) is 18.2 Å². The molecule has 2 N–H and O–H groups in total. The highest BCUT2D eigenvalue weighted by Gasteiger charge is 2.49. The Kier molecular flexibility index (Phi) is 5.16. The van der Waals surface area contributed by atoms with Gasteiger partial charge in [0.05, 0.1) is 22.2 Å². The van der Waals surface area contributed by atoms with Gasteiger partial charge in [-0.05, 0) is 30.7 Å². The molecular formula is C19H14FN5O5. The molecule has 0 spiro atoms. The van der Waals surface area contributed by atoms with Crippen LogP contribution in [0.3, 0.4) is 0 Å². The third kappa shape index (κ3) is 3.66. The summed E-state index contributed by atoms with van der Waals surface area (Å²) in [7, 11) is 0. The molecule has 0 aromatic heterocycles. The molecule has 2 aromatic carbocycles. The summed E-state index contributed by atoms with van der Waals surface area (Å²) in [6, 6.07) is 9.70. The molecule has 0 aliphatic carbocycles. The number of hydrogen-bond donors (Lipinski definition) is 2. The summed E-state index contributed by atoms with van der Waals surface area (Å²) in [4.78, 5) is 48.1. The van der Waals surface area contributed by atoms with Crippen LogP contribution in [-0.2, 0) is 15.1 Å². The van der Waals surface area contributed by atoms with Gasteiger partial charge < -0.3 is 10.6 Å². The van der Waals surface area contributed by atoms with Crippen LogP contribution in [0.1, 0.15) is 18.1 Å². The van der Waals surface area contributed by atoms with Gasteiger partial charge in [0.25, 0.3) is 11.6 Å². The third-order valence-corrected chi connectivity index (χ3v) is 4.60. The molecule has 1 saturated heterocycles. The molecule has 4 amide bonds. The third-order valence-electron chi connectivity index (χ3n) is 4.60. The number of hydrogen-bond acceptors (Lipinski definition) is 6. The lowest BCUT2D eigenvalue weighted by atomic mass is 9.91. The summed E-state index contributed by atoms with van der Waals surface area (Å²) in [5.41, 5.74) is -1.56. The minimum atomic E-state index is -1.46. The standard InChI is InChI=1S/C19H14FN5O5/c1-19(12-4-2-11(9-21)3-5-12)17(27)24(18(28)23-19)10-16(26)22-15-8-13(25(29)30)6-7-14(15)20/h2-8H,10H2,1H3,(H,22,26)(H,23,28). The number of amides is 4. The summed E-state index contributed by atoms with van der Waals surface area (Å²) in [6.45, 7) is 0.728. The number of nitrogens with one attached hydrogen (secondary N) is 2. The maximum Gasteiger partial charge on any atom is 0.325 e. The van der Waals surface area contributed by atoms with E-state index in [1.807, 2.05) is 6.07 Å². The number of benzene rings is 2. The number of carbonyl (C=O) groups excluding carboxylic acids is 3. The molecule has 3 rings (SSSR count). The Bertz CT molecular complexity index is 1110. The first-order valence-electron chi connectivity index (χ1n) is 8.54. The fourth-order valence-corrected chi connectivity index (χ4v) is 2.97. The zero-order valence-corrected chi connectivity index (χ0v) is 15.5. The van der Waals surface area contributed by atoms with E-state index < -0.39 is 52.0 Å². The first-order valence-corrected chi connectivity index (χ1v) is 8.54. The Morgan fingerprint density at radius 2 is 1.97 bits per heavy atom. The molecule has 0 bridgehead atoms. The Morgan fingerprint density at radius 3 is 2.57 bits per heavy atom. The van der Waals surface area contributed by atoms with Gasteiger partial charge in [-0.1, -0.05) is 12.1 Å². The zero-order chi connectivity index (χ0) is 22.1. The van der Waals surface area contributed by atoms with Crippen LogP contribution in [-0.4, -0.2) is 34.2 Å². The maximum absolute atomic E-state index is 13.8. The summed E-state index contributed by atoms with van der Waals surface area (Å²) >= 11 is 0. The van der Waals surface area contributed by atoms with E-state index >= 15 is 0 Å². The molecule has 30 heavy (non-hydrogen) atoms. The van der Waals surface area contributed by atoms with Gasteiger partial charge in [0.15, 0.2) is 0 Å². The minimum absolute atomic E-state index is 0.370. The van der Waals surface area contributed by atoms with Crippen LogP contribution in [0.4, 0.5) is 20.6 Å². The van der Waals surface area contributed by atoms with E-state index in [4.69, 9.17) is 5.26 Å². The number of carbonyl (C=O) groups is 3. The number of urea groups is 1. The second-order valence-electron chi connectivity index (χ2n) is 6.61. The van der Waals surface area contributed by atoms with Crippen molar-refractivity contribution >= 4 is 29.2 Å². The predicted octanol–water partition coefficient (Wildman–Crippen LogP) is 2.01. The van der Waals surface area contributed by atoms with E-state index in [2.05, 4.69) is 10.6 Å². The van der Waals surface area contributed by atoms with Gasteiger partial charge in [0.1, 0.15) is 17.9 Å². The van der Waals surface area contributed by atoms with Crippen molar-refractivity contribution in [1.82, 2.24) is 10.2 Å². The molecular weight excluding hydrogens is 397 g/mol. The van der Waals surface area contributed by atoms with Crippen LogP contribution in [0.2, 0.25) is 0 Å². The van der Waals surface area contributed by atoms with Crippen molar-refractivity contribution in [2.24, 2.45) is 0 Å². The number of nitriles is 1. The minimum Gasteiger partial charge on any atom is -0.322 e. The molecule has 10 nitrogen and oxygen atoms in total. The summed E-state index contributed by atoms with van der Waals surface area (Å²) < 4.78 is 13.8. The smallest absolute Gasteiger partial charge is 0.322 e. The predicted molar refractivity (Wildman–Crippen MR) is 100 cm³/mol. The molecule has 1 unspecified atom stereocenters. The Labute approximate surface area is 169 Å². The van der Waals surface area contributed by atoms with Crippen LogP contribution in [0.25, 0.3) is 0 Å². The van der Waals surface area contributed by atoms with E-state index in [-0.39, 0.29) is 0 Å². The summed E-state index contributed by atoms with van der Waals surface area (Å²) in [5.74, 6) is -2.54. The molecule has 11 heteroatoms. The molecule has 152 valence electrons. The average molecular weight is 411 g/mol. The molecule has 1 aliphatic rings. The molecule has 1 aliphatic heterocycles. The first kappa shape index (κ1) is 20.4. The number of halogens is 1. The van der Waals surface area contributed by atoms with Crippen LogP contribution < -0.4 is 10.6 Å². The van der Waals surface area contributed by atoms with E-state index in [1.54, 1.807) is 0 Å². The fourth-order valence-electron chi connectivity index (χ4n) is 2.97. The molecule has 0 saturated carbocycles. The van der Waals surface area contributed by atoms with Crippen molar-refractivity contribution in [3.05, 3.63) is 69.5 Å². The fraction of sp³-hybridized carbons (Fsp3) is 0.158. The SMILES string of the molecule is CC1(c2ccc(C#N)cc2)NC(=O)N(CC(=O)Nc2cc([N+](=O)[O-])ccc2F)C1=O. The number of rotatable bonds is 5. The number of non-ortho nitro benzene ring substituents is 1. The van der Waals surface area contributed by atoms with Crippen LogP contribution in [0.15, 0.2) is 42.5 Å². The van der Waals surface area contributed by atoms with Crippen molar-refractivity contribution in [2.45, 2.75) is 12.5 Å². The highest BCUT2D eigenvalue weighted by molar-refractivity contribution is 6.10. The quantitative estimate of drug-likeness (QED) is 0.437. The topological polar surface area (TPSA) is 145 Å². The van der Waals surface area contributed by atoms with Crippen molar-refractivity contribution in [1.29, 1.82) is 5.26 Å². The zero-order valence-electron chi connectivity index (χ0n) is 15.5. The largest absolute Gasteiger partial charge is 0.325 e. The lowest BCUT2D eigenvalue weighted by Gasteiger charge is -2.22. The lowest BCUT2D eigenvalue weighted by Crippen LogP contribution is -2.42.